The van der Waals surface area contributed by atoms with Gasteiger partial charge in [-0.15, -0.1) is 0 Å². The number of benzene rings is 1. The van der Waals surface area contributed by atoms with Gasteiger partial charge in [0.05, 0.1) is 11.7 Å². The second-order valence-electron chi connectivity index (χ2n) is 5.58. The molecule has 0 aromatic heterocycles. The summed E-state index contributed by atoms with van der Waals surface area (Å²) < 4.78 is 5.70. The molecular weight excluding hydrogens is 216 g/mol. The summed E-state index contributed by atoms with van der Waals surface area (Å²) in [6, 6.07) is 5.25. The fraction of sp³-hybridized carbons (Fsp3) is 0.500. The molecule has 0 unspecified atom stereocenters. The molecule has 0 radical (unpaired) electrons. The van der Waals surface area contributed by atoms with Crippen molar-refractivity contribution >= 4 is 5.97 Å². The highest BCUT2D eigenvalue weighted by molar-refractivity contribution is 5.90. The van der Waals surface area contributed by atoms with E-state index in [2.05, 4.69) is 0 Å². The number of carbonyl (C=O) groups is 1. The lowest BCUT2D eigenvalue weighted by Gasteiger charge is -2.22. The average molecular weight is 234 g/mol. The topological polar surface area (TPSA) is 46.5 Å². The highest BCUT2D eigenvalue weighted by Gasteiger charge is 2.26. The van der Waals surface area contributed by atoms with E-state index in [4.69, 9.17) is 4.74 Å². The number of hydrogen-bond acceptors (Lipinski definition) is 2. The molecule has 1 saturated carbocycles. The van der Waals surface area contributed by atoms with Crippen molar-refractivity contribution in [3.8, 4) is 5.75 Å². The fourth-order valence-corrected chi connectivity index (χ4v) is 1.78. The van der Waals surface area contributed by atoms with Crippen molar-refractivity contribution < 1.29 is 14.6 Å². The summed E-state index contributed by atoms with van der Waals surface area (Å²) in [5.74, 6) is -0.102. The van der Waals surface area contributed by atoms with Crippen LogP contribution < -0.4 is 4.74 Å². The number of hydrogen-bond donors (Lipinski definition) is 1. The predicted octanol–water partition coefficient (Wildman–Crippen LogP) is 3.22. The van der Waals surface area contributed by atoms with Crippen LogP contribution in [0.3, 0.4) is 0 Å². The highest BCUT2D eigenvalue weighted by Crippen LogP contribution is 2.32. The van der Waals surface area contributed by atoms with Crippen LogP contribution >= 0.6 is 0 Å². The summed E-state index contributed by atoms with van der Waals surface area (Å²) in [5.41, 5.74) is 0.986. The van der Waals surface area contributed by atoms with Gasteiger partial charge in [0, 0.05) is 0 Å². The molecule has 17 heavy (non-hydrogen) atoms. The van der Waals surface area contributed by atoms with E-state index in [9.17, 15) is 9.90 Å². The Balaban J connectivity index is 2.38. The number of rotatable bonds is 3. The maximum atomic E-state index is 11.2. The Hall–Kier alpha value is -1.51. The van der Waals surface area contributed by atoms with Crippen LogP contribution in [0.25, 0.3) is 0 Å². The summed E-state index contributed by atoms with van der Waals surface area (Å²) in [6.45, 7) is 6.03. The molecule has 0 heterocycles. The molecule has 1 aliphatic carbocycles. The lowest BCUT2D eigenvalue weighted by Crippen LogP contribution is -2.17. The second kappa shape index (κ2) is 4.06. The third-order valence-electron chi connectivity index (χ3n) is 2.86. The van der Waals surface area contributed by atoms with Gasteiger partial charge in [-0.2, -0.15) is 0 Å². The minimum absolute atomic E-state index is 0.198. The molecule has 0 saturated heterocycles. The third kappa shape index (κ3) is 2.78. The first-order valence-corrected chi connectivity index (χ1v) is 5.92. The van der Waals surface area contributed by atoms with Crippen LogP contribution in [0.2, 0.25) is 0 Å². The van der Waals surface area contributed by atoms with Gasteiger partial charge in [0.1, 0.15) is 5.75 Å². The zero-order chi connectivity index (χ0) is 12.6. The summed E-state index contributed by atoms with van der Waals surface area (Å²) in [5, 5.41) is 9.17. The van der Waals surface area contributed by atoms with Gasteiger partial charge in [0.15, 0.2) is 0 Å². The van der Waals surface area contributed by atoms with Crippen molar-refractivity contribution in [3.05, 3.63) is 29.3 Å². The molecule has 0 atom stereocenters. The maximum absolute atomic E-state index is 11.2. The van der Waals surface area contributed by atoms with Gasteiger partial charge in [0.25, 0.3) is 0 Å². The molecule has 3 heteroatoms. The second-order valence-corrected chi connectivity index (χ2v) is 5.58. The van der Waals surface area contributed by atoms with E-state index in [1.54, 1.807) is 12.1 Å². The molecule has 3 nitrogen and oxygen atoms in total. The van der Waals surface area contributed by atoms with E-state index in [1.165, 1.54) is 0 Å². The Morgan fingerprint density at radius 2 is 2.00 bits per heavy atom. The zero-order valence-corrected chi connectivity index (χ0v) is 10.5. The minimum Gasteiger partial charge on any atom is -0.490 e. The van der Waals surface area contributed by atoms with Gasteiger partial charge >= 0.3 is 5.97 Å². The van der Waals surface area contributed by atoms with Crippen LogP contribution in [0, 0.1) is 0 Å². The third-order valence-corrected chi connectivity index (χ3v) is 2.86. The van der Waals surface area contributed by atoms with Crippen molar-refractivity contribution in [2.45, 2.75) is 45.1 Å². The Bertz CT molecular complexity index is 439. The first kappa shape index (κ1) is 12.0. The molecule has 1 N–H and O–H groups in total. The van der Waals surface area contributed by atoms with Crippen LogP contribution in [-0.4, -0.2) is 17.2 Å². The maximum Gasteiger partial charge on any atom is 0.335 e. The fourth-order valence-electron chi connectivity index (χ4n) is 1.78. The summed E-state index contributed by atoms with van der Waals surface area (Å²) in [7, 11) is 0. The van der Waals surface area contributed by atoms with Gasteiger partial charge in [-0.05, 0) is 42.0 Å². The first-order valence-electron chi connectivity index (χ1n) is 5.92. The zero-order valence-electron chi connectivity index (χ0n) is 10.5. The van der Waals surface area contributed by atoms with Crippen LogP contribution in [0.15, 0.2) is 18.2 Å². The van der Waals surface area contributed by atoms with Crippen molar-refractivity contribution in [3.63, 3.8) is 0 Å². The van der Waals surface area contributed by atoms with Crippen molar-refractivity contribution in [1.29, 1.82) is 0 Å². The number of carboxylic acid groups (broad SMARTS) is 1. The van der Waals surface area contributed by atoms with Crippen molar-refractivity contribution in [2.24, 2.45) is 0 Å². The smallest absolute Gasteiger partial charge is 0.335 e. The van der Waals surface area contributed by atoms with E-state index in [0.29, 0.717) is 11.7 Å². The van der Waals surface area contributed by atoms with Crippen molar-refractivity contribution in [2.75, 3.05) is 0 Å². The summed E-state index contributed by atoms with van der Waals surface area (Å²) in [6.07, 6.45) is 2.54. The van der Waals surface area contributed by atoms with Gasteiger partial charge in [-0.1, -0.05) is 20.8 Å². The standard InChI is InChI=1S/C14H18O3/c1-14(2,3)12-8-10(17-9-4-5-9)6-7-11(12)13(15)16/h6-9H,4-5H2,1-3H3,(H,15,16). The number of aromatic carboxylic acids is 1. The molecule has 0 aliphatic heterocycles. The Morgan fingerprint density at radius 3 is 2.47 bits per heavy atom. The Labute approximate surface area is 101 Å². The monoisotopic (exact) mass is 234 g/mol. The van der Waals surface area contributed by atoms with Gasteiger partial charge in [-0.3, -0.25) is 0 Å². The van der Waals surface area contributed by atoms with Gasteiger partial charge in [-0.25, -0.2) is 4.79 Å². The average Bonchev–Trinajstić information content (AvgIpc) is 3.00. The quantitative estimate of drug-likeness (QED) is 0.873. The normalized spacial score (nSPS) is 15.7. The lowest BCUT2D eigenvalue weighted by atomic mass is 9.83. The number of carboxylic acids is 1. The molecule has 0 amide bonds. The SMILES string of the molecule is CC(C)(C)c1cc(OC2CC2)ccc1C(=O)O. The molecule has 0 bridgehead atoms. The summed E-state index contributed by atoms with van der Waals surface area (Å²) in [4.78, 5) is 11.2. The van der Waals surface area contributed by atoms with Crippen LogP contribution in [0.1, 0.15) is 49.5 Å². The van der Waals surface area contributed by atoms with Crippen LogP contribution in [0.4, 0.5) is 0 Å². The highest BCUT2D eigenvalue weighted by atomic mass is 16.5. The molecule has 92 valence electrons. The molecular formula is C14H18O3. The minimum atomic E-state index is -0.882. The predicted molar refractivity (Wildman–Crippen MR) is 65.8 cm³/mol. The van der Waals surface area contributed by atoms with Crippen molar-refractivity contribution in [1.82, 2.24) is 0 Å². The molecule has 1 aliphatic rings. The van der Waals surface area contributed by atoms with E-state index < -0.39 is 5.97 Å². The van der Waals surface area contributed by atoms with Gasteiger partial charge in [0.2, 0.25) is 0 Å². The molecule has 1 aromatic carbocycles. The lowest BCUT2D eigenvalue weighted by molar-refractivity contribution is 0.0694. The van der Waals surface area contributed by atoms with Crippen LogP contribution in [-0.2, 0) is 5.41 Å². The Morgan fingerprint density at radius 1 is 1.35 bits per heavy atom. The molecule has 1 aromatic rings. The van der Waals surface area contributed by atoms with E-state index in [0.717, 1.165) is 24.2 Å². The largest absolute Gasteiger partial charge is 0.490 e. The summed E-state index contributed by atoms with van der Waals surface area (Å²) >= 11 is 0. The molecule has 1 fully saturated rings. The van der Waals surface area contributed by atoms with E-state index in [-0.39, 0.29) is 5.41 Å². The molecule has 2 rings (SSSR count). The van der Waals surface area contributed by atoms with E-state index in [1.807, 2.05) is 26.8 Å². The molecule has 0 spiro atoms. The van der Waals surface area contributed by atoms with Gasteiger partial charge < -0.3 is 9.84 Å². The van der Waals surface area contributed by atoms with Crippen LogP contribution in [0.5, 0.6) is 5.75 Å². The Kier molecular flexibility index (Phi) is 2.86. The number of ether oxygens (including phenoxy) is 1. The van der Waals surface area contributed by atoms with E-state index >= 15 is 0 Å². The first-order chi connectivity index (χ1) is 7.88.